The number of nitrogens with one attached hydrogen (secondary N) is 2. The van der Waals surface area contributed by atoms with Crippen molar-refractivity contribution < 1.29 is 19.4 Å². The van der Waals surface area contributed by atoms with E-state index < -0.39 is 12.2 Å². The van der Waals surface area contributed by atoms with Gasteiger partial charge >= 0.3 is 6.09 Å². The number of phenols is 1. The van der Waals surface area contributed by atoms with Gasteiger partial charge in [0.2, 0.25) is 5.91 Å². The number of halogens is 1. The summed E-state index contributed by atoms with van der Waals surface area (Å²) in [5.41, 5.74) is 8.05. The lowest BCUT2D eigenvalue weighted by Crippen LogP contribution is -2.22. The second-order valence-corrected chi connectivity index (χ2v) is 10.1. The Hall–Kier alpha value is -4.30. The van der Waals surface area contributed by atoms with Crippen molar-refractivity contribution in [3.05, 3.63) is 107 Å². The third kappa shape index (κ3) is 7.39. The van der Waals surface area contributed by atoms with Gasteiger partial charge in [-0.1, -0.05) is 77.5 Å². The van der Waals surface area contributed by atoms with Crippen molar-refractivity contribution in [2.75, 3.05) is 16.4 Å². The minimum atomic E-state index is -0.733. The van der Waals surface area contributed by atoms with Crippen LogP contribution < -0.4 is 16.4 Å². The number of phenolic OH excluding ortho intramolecular Hbond substituents is 1. The largest absolute Gasteiger partial charge is 0.508 e. The SMILES string of the molecule is C[C@H](CC/C=C/C(=O)Nc1ccccc1N)[C@H](OC(=O)Nc1cccc2ccccc12)c1cc(Br)ccc1O. The highest BCUT2D eigenvalue weighted by Crippen LogP contribution is 2.37. The molecule has 2 amide bonds. The second kappa shape index (κ2) is 13.0. The first-order valence-electron chi connectivity index (χ1n) is 12.6. The average Bonchev–Trinajstić information content (AvgIpc) is 2.92. The number of benzene rings is 4. The Kier molecular flexibility index (Phi) is 9.22. The molecule has 4 aromatic rings. The maximum Gasteiger partial charge on any atom is 0.412 e. The highest BCUT2D eigenvalue weighted by molar-refractivity contribution is 9.10. The van der Waals surface area contributed by atoms with Gasteiger partial charge in [-0.3, -0.25) is 10.1 Å². The number of rotatable bonds is 9. The lowest BCUT2D eigenvalue weighted by molar-refractivity contribution is -0.111. The van der Waals surface area contributed by atoms with Crippen LogP contribution in [0.3, 0.4) is 0 Å². The van der Waals surface area contributed by atoms with E-state index in [0.717, 1.165) is 15.2 Å². The van der Waals surface area contributed by atoms with Crippen LogP contribution in [0.25, 0.3) is 10.8 Å². The van der Waals surface area contributed by atoms with E-state index in [0.29, 0.717) is 35.5 Å². The molecule has 8 heteroatoms. The van der Waals surface area contributed by atoms with E-state index in [4.69, 9.17) is 10.5 Å². The third-order valence-electron chi connectivity index (χ3n) is 6.35. The van der Waals surface area contributed by atoms with Crippen LogP contribution in [-0.2, 0) is 9.53 Å². The number of hydrogen-bond donors (Lipinski definition) is 4. The number of amides is 2. The Labute approximate surface area is 235 Å². The monoisotopic (exact) mass is 587 g/mol. The number of para-hydroxylation sites is 2. The summed E-state index contributed by atoms with van der Waals surface area (Å²) < 4.78 is 6.66. The average molecular weight is 589 g/mol. The Bertz CT molecular complexity index is 1500. The van der Waals surface area contributed by atoms with Crippen LogP contribution in [0.5, 0.6) is 5.75 Å². The van der Waals surface area contributed by atoms with Crippen LogP contribution >= 0.6 is 15.9 Å². The van der Waals surface area contributed by atoms with Crippen molar-refractivity contribution in [2.45, 2.75) is 25.9 Å². The summed E-state index contributed by atoms with van der Waals surface area (Å²) in [6.07, 6.45) is 3.01. The van der Waals surface area contributed by atoms with Gasteiger partial charge in [0.25, 0.3) is 0 Å². The molecule has 0 radical (unpaired) electrons. The number of carbonyl (C=O) groups is 2. The highest BCUT2D eigenvalue weighted by Gasteiger charge is 2.26. The molecule has 0 unspecified atom stereocenters. The lowest BCUT2D eigenvalue weighted by Gasteiger charge is -2.25. The van der Waals surface area contributed by atoms with Crippen LogP contribution in [-0.4, -0.2) is 17.1 Å². The molecular weight excluding hydrogens is 558 g/mol. The number of ether oxygens (including phenoxy) is 1. The molecule has 4 rings (SSSR count). The molecule has 0 fully saturated rings. The summed E-state index contributed by atoms with van der Waals surface area (Å²) in [4.78, 5) is 25.3. The third-order valence-corrected chi connectivity index (χ3v) is 6.84. The molecule has 0 saturated heterocycles. The fourth-order valence-electron chi connectivity index (χ4n) is 4.31. The lowest BCUT2D eigenvalue weighted by atomic mass is 9.92. The van der Waals surface area contributed by atoms with E-state index >= 15 is 0 Å². The van der Waals surface area contributed by atoms with Crippen molar-refractivity contribution in [2.24, 2.45) is 5.92 Å². The predicted octanol–water partition coefficient (Wildman–Crippen LogP) is 7.79. The smallest absolute Gasteiger partial charge is 0.412 e. The van der Waals surface area contributed by atoms with Gasteiger partial charge in [0.1, 0.15) is 11.9 Å². The minimum absolute atomic E-state index is 0.0309. The van der Waals surface area contributed by atoms with Crippen LogP contribution in [0.2, 0.25) is 0 Å². The predicted molar refractivity (Wildman–Crippen MR) is 160 cm³/mol. The maximum absolute atomic E-state index is 13.1. The van der Waals surface area contributed by atoms with Gasteiger partial charge in [-0.2, -0.15) is 0 Å². The molecule has 0 aliphatic rings. The molecule has 200 valence electrons. The van der Waals surface area contributed by atoms with Gasteiger partial charge < -0.3 is 20.9 Å². The second-order valence-electron chi connectivity index (χ2n) is 9.21. The summed E-state index contributed by atoms with van der Waals surface area (Å²) in [6, 6.07) is 25.5. The zero-order valence-electron chi connectivity index (χ0n) is 21.4. The van der Waals surface area contributed by atoms with E-state index in [1.807, 2.05) is 49.4 Å². The molecule has 0 aliphatic heterocycles. The molecule has 0 aromatic heterocycles. The quantitative estimate of drug-likeness (QED) is 0.118. The molecule has 5 N–H and O–H groups in total. The Morgan fingerprint density at radius 1 is 0.974 bits per heavy atom. The van der Waals surface area contributed by atoms with Crippen LogP contribution in [0.4, 0.5) is 21.9 Å². The van der Waals surface area contributed by atoms with E-state index in [1.54, 1.807) is 48.5 Å². The van der Waals surface area contributed by atoms with E-state index in [-0.39, 0.29) is 17.6 Å². The molecule has 0 heterocycles. The van der Waals surface area contributed by atoms with Gasteiger partial charge in [0.15, 0.2) is 0 Å². The molecule has 39 heavy (non-hydrogen) atoms. The van der Waals surface area contributed by atoms with E-state index in [1.165, 1.54) is 6.08 Å². The van der Waals surface area contributed by atoms with Gasteiger partial charge in [-0.05, 0) is 66.6 Å². The molecule has 7 nitrogen and oxygen atoms in total. The van der Waals surface area contributed by atoms with Gasteiger partial charge in [0, 0.05) is 15.4 Å². The number of nitrogens with two attached hydrogens (primary N) is 1. The van der Waals surface area contributed by atoms with Crippen LogP contribution in [0.15, 0.2) is 102 Å². The summed E-state index contributed by atoms with van der Waals surface area (Å²) >= 11 is 3.44. The van der Waals surface area contributed by atoms with Gasteiger partial charge in [-0.25, -0.2) is 4.79 Å². The fourth-order valence-corrected chi connectivity index (χ4v) is 4.69. The number of fused-ring (bicyclic) bond motifs is 1. The van der Waals surface area contributed by atoms with Crippen molar-refractivity contribution in [1.29, 1.82) is 0 Å². The summed E-state index contributed by atoms with van der Waals surface area (Å²) in [6.45, 7) is 1.94. The number of nitrogen functional groups attached to an aromatic ring is 1. The van der Waals surface area contributed by atoms with Crippen LogP contribution in [0, 0.1) is 5.92 Å². The van der Waals surface area contributed by atoms with Crippen molar-refractivity contribution in [1.82, 2.24) is 0 Å². The van der Waals surface area contributed by atoms with E-state index in [9.17, 15) is 14.7 Å². The number of anilines is 3. The van der Waals surface area contributed by atoms with Crippen molar-refractivity contribution in [3.63, 3.8) is 0 Å². The molecule has 0 spiro atoms. The molecule has 4 aromatic carbocycles. The molecule has 0 aliphatic carbocycles. The molecule has 0 bridgehead atoms. The Morgan fingerprint density at radius 2 is 1.69 bits per heavy atom. The molecular formula is C31H30BrN3O4. The number of aromatic hydroxyl groups is 1. The topological polar surface area (TPSA) is 114 Å². The molecule has 2 atom stereocenters. The summed E-state index contributed by atoms with van der Waals surface area (Å²) in [5.74, 6) is -0.434. The van der Waals surface area contributed by atoms with Gasteiger partial charge in [0.05, 0.1) is 17.1 Å². The number of allylic oxidation sites excluding steroid dienone is 1. The first-order chi connectivity index (χ1) is 18.8. The van der Waals surface area contributed by atoms with Crippen LogP contribution in [0.1, 0.15) is 31.4 Å². The fraction of sp³-hybridized carbons (Fsp3) is 0.161. The zero-order chi connectivity index (χ0) is 27.8. The summed E-state index contributed by atoms with van der Waals surface area (Å²) in [5, 5.41) is 18.1. The molecule has 0 saturated carbocycles. The highest BCUT2D eigenvalue weighted by atomic mass is 79.9. The normalized spacial score (nSPS) is 12.7. The maximum atomic E-state index is 13.1. The first-order valence-corrected chi connectivity index (χ1v) is 13.4. The first kappa shape index (κ1) is 27.7. The zero-order valence-corrected chi connectivity index (χ0v) is 23.0. The van der Waals surface area contributed by atoms with Crippen molar-refractivity contribution in [3.8, 4) is 5.75 Å². The van der Waals surface area contributed by atoms with E-state index in [2.05, 4.69) is 26.6 Å². The summed E-state index contributed by atoms with van der Waals surface area (Å²) in [7, 11) is 0. The van der Waals surface area contributed by atoms with Crippen molar-refractivity contribution >= 4 is 55.8 Å². The Morgan fingerprint density at radius 3 is 2.51 bits per heavy atom. The minimum Gasteiger partial charge on any atom is -0.508 e. The number of hydrogen-bond acceptors (Lipinski definition) is 5. The van der Waals surface area contributed by atoms with Gasteiger partial charge in [-0.15, -0.1) is 0 Å². The Balaban J connectivity index is 1.44. The standard InChI is InChI=1S/C31H30BrN3O4/c1-20(9-2-7-16-29(37)34-27-14-6-5-13-25(27)33)30(24-19-22(32)17-18-28(24)36)39-31(38)35-26-15-8-11-21-10-3-4-12-23(21)26/h3-8,10-20,30,36H,2,9,33H2,1H3,(H,34,37)(H,35,38)/b16-7+/t20-,30+/m1/s1. The number of carbonyl (C=O) groups excluding carboxylic acids is 2.